The van der Waals surface area contributed by atoms with E-state index in [1.807, 2.05) is 0 Å². The number of nitrogens with zero attached hydrogens (tertiary/aromatic N) is 4. The first-order valence-electron chi connectivity index (χ1n) is 22.6. The number of hydrogen-bond donors (Lipinski definition) is 6. The molecule has 6 N–H and O–H groups in total. The van der Waals surface area contributed by atoms with Crippen molar-refractivity contribution in [3.8, 4) is 0 Å². The zero-order valence-electron chi connectivity index (χ0n) is 42.4. The highest BCUT2D eigenvalue weighted by molar-refractivity contribution is 7.89. The molecular weight excluding hydrogens is 1240 g/mol. The summed E-state index contributed by atoms with van der Waals surface area (Å²) in [4.78, 5) is 58.7. The second-order valence-corrected chi connectivity index (χ2v) is 26.1. The Morgan fingerprint density at radius 2 is 0.655 bits per heavy atom. The molecule has 0 radical (unpaired) electrons. The van der Waals surface area contributed by atoms with Gasteiger partial charge in [-0.25, -0.2) is 55.3 Å². The van der Waals surface area contributed by atoms with Crippen LogP contribution in [0.15, 0.2) is 127 Å². The van der Waals surface area contributed by atoms with E-state index in [2.05, 4.69) is 31.9 Å². The van der Waals surface area contributed by atoms with Crippen molar-refractivity contribution < 1.29 is 102 Å². The molecule has 0 fully saturated rings. The molecule has 0 bridgehead atoms. The van der Waals surface area contributed by atoms with Gasteiger partial charge in [0.15, 0.2) is 0 Å². The lowest BCUT2D eigenvalue weighted by molar-refractivity contribution is 0.101. The molecule has 84 heavy (non-hydrogen) atoms. The van der Waals surface area contributed by atoms with Crippen LogP contribution in [0.2, 0.25) is 0 Å². The summed E-state index contributed by atoms with van der Waals surface area (Å²) in [6, 6.07) is 7.87. The van der Waals surface area contributed by atoms with E-state index in [-0.39, 0.29) is 51.6 Å². The van der Waals surface area contributed by atoms with Crippen LogP contribution in [0, 0.1) is 0 Å². The van der Waals surface area contributed by atoms with Crippen molar-refractivity contribution in [2.24, 2.45) is 28.2 Å². The average molecular weight is 1280 g/mol. The second kappa shape index (κ2) is 21.4. The Labute approximate surface area is 473 Å². The van der Waals surface area contributed by atoms with Crippen LogP contribution in [-0.2, 0) is 88.9 Å². The number of fused-ring (bicyclic) bond motifs is 2. The summed E-state index contributed by atoms with van der Waals surface area (Å²) < 4.78 is 221. The molecule has 8 aromatic rings. The largest absolute Gasteiger partial charge is 0.744 e. The van der Waals surface area contributed by atoms with E-state index >= 15 is 0 Å². The Morgan fingerprint density at radius 1 is 0.333 bits per heavy atom. The molecule has 4 heterocycles. The predicted molar refractivity (Wildman–Crippen MR) is 282 cm³/mol. The van der Waals surface area contributed by atoms with Gasteiger partial charge >= 0.3 is 6.03 Å². The summed E-state index contributed by atoms with van der Waals surface area (Å²) in [7, 11) is -27.9. The fourth-order valence-electron chi connectivity index (χ4n) is 8.31. The molecule has 4 aromatic heterocycles. The Hall–Kier alpha value is -8.87. The number of nitrogens with one attached hydrogen (secondary N) is 6. The third-order valence-corrected chi connectivity index (χ3v) is 17.7. The van der Waals surface area contributed by atoms with Crippen molar-refractivity contribution in [2.75, 3.05) is 31.9 Å². The van der Waals surface area contributed by atoms with Crippen LogP contribution in [0.5, 0.6) is 0 Å². The van der Waals surface area contributed by atoms with Gasteiger partial charge in [-0.1, -0.05) is 0 Å². The standard InChI is InChI=1S/C45H40N10O23S6/c1-52-17-22(41(56)46-30-5-6-32(80(64,65)66)29-16-36(84(76,77)78)35(15-28(29)30)83(73,74)75)9-37(52)48-43(58)24-11-39(54(3)19-24)50-45(60)51-40-12-25(20-55(40)4)44(59)49-38-10-23(18-53(38)2)42(57)47-31-13-26(79(61,62)63)7-21-8-33(81(67,68)69)34(14-27(21)31)82(70,71)72/h5-20H,1-4H3,(H,46,56)(H,47,57)(H,48,58)(H,49,59)(H2,50,51,60)(H,61,62,63)(H,64,65,66)(H,67,68,69)(H,70,71,72)(H,73,74,75)(H,76,77,78)/p-6. The highest BCUT2D eigenvalue weighted by Gasteiger charge is 2.25. The molecule has 0 aliphatic rings. The molecule has 0 atom stereocenters. The molecule has 0 spiro atoms. The fraction of sp³-hybridized carbons (Fsp3) is 0.0889. The van der Waals surface area contributed by atoms with E-state index in [0.29, 0.717) is 36.4 Å². The van der Waals surface area contributed by atoms with Gasteiger partial charge in [-0.05, 0) is 78.2 Å². The van der Waals surface area contributed by atoms with Crippen molar-refractivity contribution in [1.82, 2.24) is 18.3 Å². The summed E-state index contributed by atoms with van der Waals surface area (Å²) in [6.07, 6.45) is 4.99. The number of aromatic nitrogens is 4. The first-order chi connectivity index (χ1) is 38.6. The summed E-state index contributed by atoms with van der Waals surface area (Å²) in [6.45, 7) is 0. The molecule has 6 amide bonds. The van der Waals surface area contributed by atoms with E-state index in [1.54, 1.807) is 0 Å². The highest BCUT2D eigenvalue weighted by atomic mass is 32.2. The number of carbonyl (C=O) groups excluding carboxylic acids is 5. The van der Waals surface area contributed by atoms with E-state index in [1.165, 1.54) is 83.4 Å². The summed E-state index contributed by atoms with van der Waals surface area (Å²) in [5.74, 6) is -3.61. The summed E-state index contributed by atoms with van der Waals surface area (Å²) in [5, 5.41) is 12.2. The van der Waals surface area contributed by atoms with E-state index in [4.69, 9.17) is 0 Å². The van der Waals surface area contributed by atoms with Gasteiger partial charge in [0.25, 0.3) is 23.6 Å². The zero-order chi connectivity index (χ0) is 62.3. The van der Waals surface area contributed by atoms with Crippen LogP contribution in [0.3, 0.4) is 0 Å². The lowest BCUT2D eigenvalue weighted by atomic mass is 10.1. The normalized spacial score (nSPS) is 12.5. The third-order valence-electron chi connectivity index (χ3n) is 12.2. The molecule has 0 aliphatic heterocycles. The van der Waals surface area contributed by atoms with Crippen LogP contribution in [0.1, 0.15) is 41.4 Å². The number of hydrogen-bond acceptors (Lipinski definition) is 23. The van der Waals surface area contributed by atoms with Crippen LogP contribution in [0.4, 0.5) is 39.4 Å². The third kappa shape index (κ3) is 12.8. The van der Waals surface area contributed by atoms with Crippen molar-refractivity contribution in [3.63, 3.8) is 0 Å². The summed E-state index contributed by atoms with van der Waals surface area (Å²) >= 11 is 0. The smallest absolute Gasteiger partial charge is 0.325 e. The first kappa shape index (κ1) is 61.2. The molecule has 0 unspecified atom stereocenters. The maximum absolute atomic E-state index is 13.5. The molecule has 4 aromatic carbocycles. The van der Waals surface area contributed by atoms with Crippen LogP contribution in [-0.4, -0.2) is 126 Å². The lowest BCUT2D eigenvalue weighted by Crippen LogP contribution is -2.22. The SMILES string of the molecule is Cn1cc(C(=O)Nc2cc(C(=O)Nc3cc(S(=O)(=O)[O-])cc4cc(S(=O)(=O)[O-])c(S(=O)(=O)[O-])cc34)cn2C)cc1NC(=O)Nc1cc(C(=O)Nc2cc(C(=O)Nc3ccc(S(=O)(=O)[O-])c4cc(S(=O)(=O)[O-])c(S(=O)(=O)[O-])cc34)cn2C)cn1C. The number of carbonyl (C=O) groups is 5. The number of anilines is 6. The number of aryl methyl sites for hydroxylation is 4. The quantitative estimate of drug-likeness (QED) is 0.0745. The molecule has 0 saturated heterocycles. The molecule has 8 rings (SSSR count). The van der Waals surface area contributed by atoms with E-state index < -0.39 is 153 Å². The van der Waals surface area contributed by atoms with Gasteiger partial charge in [0.1, 0.15) is 84.0 Å². The Morgan fingerprint density at radius 3 is 1.02 bits per heavy atom. The zero-order valence-corrected chi connectivity index (χ0v) is 47.3. The molecule has 0 aliphatic carbocycles. The molecule has 39 heteroatoms. The average Bonchev–Trinajstić information content (AvgIpc) is 1.83. The predicted octanol–water partition coefficient (Wildman–Crippen LogP) is 1.42. The molecule has 444 valence electrons. The molecule has 0 saturated carbocycles. The van der Waals surface area contributed by atoms with Gasteiger partial charge in [0.2, 0.25) is 0 Å². The van der Waals surface area contributed by atoms with Crippen LogP contribution < -0.4 is 31.9 Å². The van der Waals surface area contributed by atoms with Gasteiger partial charge in [0, 0.05) is 74.8 Å². The summed E-state index contributed by atoms with van der Waals surface area (Å²) in [5.41, 5.74) is -1.60. The van der Waals surface area contributed by atoms with Crippen molar-refractivity contribution in [3.05, 3.63) is 120 Å². The minimum atomic E-state index is -5.76. The Kier molecular flexibility index (Phi) is 15.6. The first-order valence-corrected chi connectivity index (χ1v) is 31.0. The number of amides is 6. The minimum absolute atomic E-state index is 0.0134. The maximum Gasteiger partial charge on any atom is 0.325 e. The number of urea groups is 1. The van der Waals surface area contributed by atoms with Crippen LogP contribution in [0.25, 0.3) is 21.5 Å². The van der Waals surface area contributed by atoms with Gasteiger partial charge in [0.05, 0.1) is 57.3 Å². The number of benzene rings is 4. The van der Waals surface area contributed by atoms with Gasteiger partial charge < -0.3 is 66.9 Å². The lowest BCUT2D eigenvalue weighted by Gasteiger charge is -2.20. The van der Waals surface area contributed by atoms with E-state index in [0.717, 1.165) is 18.2 Å². The highest BCUT2D eigenvalue weighted by Crippen LogP contribution is 2.37. The van der Waals surface area contributed by atoms with Gasteiger partial charge in [-0.2, -0.15) is 0 Å². The monoisotopic (exact) mass is 1270 g/mol. The molecular formula is C45H34N10O23S6-6. The van der Waals surface area contributed by atoms with Gasteiger partial charge in [-0.3, -0.25) is 29.8 Å². The second-order valence-electron chi connectivity index (χ2n) is 18.0. The van der Waals surface area contributed by atoms with Crippen molar-refractivity contribution in [2.45, 2.75) is 29.4 Å². The van der Waals surface area contributed by atoms with E-state index in [9.17, 15) is 102 Å². The van der Waals surface area contributed by atoms with Crippen LogP contribution >= 0.6 is 0 Å². The Bertz CT molecular complexity index is 4950. The topological polar surface area (TPSA) is 520 Å². The van der Waals surface area contributed by atoms with Crippen molar-refractivity contribution >= 4 is 147 Å². The minimum Gasteiger partial charge on any atom is -0.744 e. The van der Waals surface area contributed by atoms with Crippen molar-refractivity contribution in [1.29, 1.82) is 0 Å². The Balaban J connectivity index is 0.924. The maximum atomic E-state index is 13.5. The molecule has 33 nitrogen and oxygen atoms in total. The fourth-order valence-corrected chi connectivity index (χ4v) is 13.0. The van der Waals surface area contributed by atoms with Gasteiger partial charge in [-0.15, -0.1) is 0 Å². The number of rotatable bonds is 16.